The van der Waals surface area contributed by atoms with E-state index >= 15 is 0 Å². The van der Waals surface area contributed by atoms with Crippen molar-refractivity contribution in [2.24, 2.45) is 0 Å². The van der Waals surface area contributed by atoms with Gasteiger partial charge in [-0.2, -0.15) is 0 Å². The molecule has 6 heteroatoms. The van der Waals surface area contributed by atoms with E-state index in [1.807, 2.05) is 18.3 Å². The summed E-state index contributed by atoms with van der Waals surface area (Å²) in [6, 6.07) is 6.09. The number of thiazole rings is 1. The number of piperazine rings is 1. The molecule has 3 rings (SSSR count). The first-order valence-corrected chi connectivity index (χ1v) is 8.64. The van der Waals surface area contributed by atoms with E-state index in [1.54, 1.807) is 11.3 Å². The lowest BCUT2D eigenvalue weighted by atomic mass is 10.3. The first-order valence-electron chi connectivity index (χ1n) is 7.23. The molecular formula is C15H19ClN4S. The van der Waals surface area contributed by atoms with Crippen molar-refractivity contribution in [2.75, 3.05) is 37.6 Å². The number of hydrogen-bond acceptors (Lipinski definition) is 5. The van der Waals surface area contributed by atoms with Crippen LogP contribution >= 0.6 is 22.9 Å². The van der Waals surface area contributed by atoms with Crippen molar-refractivity contribution in [3.8, 4) is 0 Å². The van der Waals surface area contributed by atoms with Gasteiger partial charge in [-0.1, -0.05) is 6.07 Å². The zero-order chi connectivity index (χ0) is 14.5. The molecule has 0 amide bonds. The standard InChI is InChI=1S/C15H19ClN4S/c16-11-13-12-21-15(18-13)4-6-19-7-9-20(10-8-19)14-3-1-2-5-17-14/h1-3,5,12H,4,6-11H2. The third-order valence-electron chi connectivity index (χ3n) is 3.72. The van der Waals surface area contributed by atoms with Crippen molar-refractivity contribution in [1.29, 1.82) is 0 Å². The topological polar surface area (TPSA) is 32.3 Å². The highest BCUT2D eigenvalue weighted by atomic mass is 35.5. The molecule has 1 saturated heterocycles. The van der Waals surface area contributed by atoms with E-state index in [1.165, 1.54) is 5.01 Å². The Morgan fingerprint density at radius 3 is 2.71 bits per heavy atom. The summed E-state index contributed by atoms with van der Waals surface area (Å²) < 4.78 is 0. The first kappa shape index (κ1) is 14.8. The molecule has 1 aliphatic heterocycles. The van der Waals surface area contributed by atoms with Crippen LogP contribution in [0.2, 0.25) is 0 Å². The fraction of sp³-hybridized carbons (Fsp3) is 0.467. The van der Waals surface area contributed by atoms with E-state index in [-0.39, 0.29) is 0 Å². The van der Waals surface area contributed by atoms with Crippen LogP contribution in [0.1, 0.15) is 10.7 Å². The number of aromatic nitrogens is 2. The van der Waals surface area contributed by atoms with Gasteiger partial charge < -0.3 is 4.90 Å². The minimum absolute atomic E-state index is 0.513. The molecule has 2 aromatic heterocycles. The summed E-state index contributed by atoms with van der Waals surface area (Å²) in [5.74, 6) is 1.60. The number of halogens is 1. The van der Waals surface area contributed by atoms with Gasteiger partial charge in [0.15, 0.2) is 0 Å². The smallest absolute Gasteiger partial charge is 0.128 e. The van der Waals surface area contributed by atoms with Gasteiger partial charge in [-0.05, 0) is 12.1 Å². The predicted molar refractivity (Wildman–Crippen MR) is 88.3 cm³/mol. The number of hydrogen-bond donors (Lipinski definition) is 0. The van der Waals surface area contributed by atoms with E-state index in [0.29, 0.717) is 5.88 Å². The summed E-state index contributed by atoms with van der Waals surface area (Å²) in [6.07, 6.45) is 2.88. The lowest BCUT2D eigenvalue weighted by Gasteiger charge is -2.35. The maximum atomic E-state index is 5.79. The lowest BCUT2D eigenvalue weighted by Crippen LogP contribution is -2.47. The van der Waals surface area contributed by atoms with Gasteiger partial charge in [0.2, 0.25) is 0 Å². The van der Waals surface area contributed by atoms with E-state index < -0.39 is 0 Å². The van der Waals surface area contributed by atoms with Gasteiger partial charge in [0.1, 0.15) is 5.82 Å². The van der Waals surface area contributed by atoms with Crippen molar-refractivity contribution in [3.05, 3.63) is 40.5 Å². The van der Waals surface area contributed by atoms with E-state index in [4.69, 9.17) is 11.6 Å². The van der Waals surface area contributed by atoms with E-state index in [9.17, 15) is 0 Å². The Labute approximate surface area is 134 Å². The third-order valence-corrected chi connectivity index (χ3v) is 4.95. The zero-order valence-corrected chi connectivity index (χ0v) is 13.5. The van der Waals surface area contributed by atoms with Gasteiger partial charge in [0.25, 0.3) is 0 Å². The normalized spacial score (nSPS) is 16.3. The van der Waals surface area contributed by atoms with E-state index in [2.05, 4.69) is 31.2 Å². The molecule has 0 unspecified atom stereocenters. The summed E-state index contributed by atoms with van der Waals surface area (Å²) in [6.45, 7) is 5.34. The SMILES string of the molecule is ClCc1csc(CCN2CCN(c3ccccn3)CC2)n1. The highest BCUT2D eigenvalue weighted by Gasteiger charge is 2.17. The Balaban J connectivity index is 1.45. The molecule has 0 radical (unpaired) electrons. The second kappa shape index (κ2) is 7.20. The van der Waals surface area contributed by atoms with Gasteiger partial charge in [0, 0.05) is 50.7 Å². The molecule has 0 bridgehead atoms. The molecule has 0 aromatic carbocycles. The van der Waals surface area contributed by atoms with Crippen molar-refractivity contribution in [1.82, 2.24) is 14.9 Å². The molecule has 0 atom stereocenters. The summed E-state index contributed by atoms with van der Waals surface area (Å²) in [7, 11) is 0. The average molecular weight is 323 g/mol. The Morgan fingerprint density at radius 2 is 2.05 bits per heavy atom. The van der Waals surface area contributed by atoms with Crippen LogP contribution in [0.4, 0.5) is 5.82 Å². The van der Waals surface area contributed by atoms with E-state index in [0.717, 1.165) is 50.7 Å². The fourth-order valence-corrected chi connectivity index (χ4v) is 3.54. The Hall–Kier alpha value is -1.17. The molecule has 3 heterocycles. The third kappa shape index (κ3) is 3.93. The lowest BCUT2D eigenvalue weighted by molar-refractivity contribution is 0.260. The molecular weight excluding hydrogens is 304 g/mol. The van der Waals surface area contributed by atoms with Crippen molar-refractivity contribution in [2.45, 2.75) is 12.3 Å². The minimum Gasteiger partial charge on any atom is -0.354 e. The van der Waals surface area contributed by atoms with Crippen LogP contribution in [-0.4, -0.2) is 47.6 Å². The molecule has 21 heavy (non-hydrogen) atoms. The van der Waals surface area contributed by atoms with Crippen molar-refractivity contribution >= 4 is 28.8 Å². The van der Waals surface area contributed by atoms with Crippen LogP contribution in [0.5, 0.6) is 0 Å². The van der Waals surface area contributed by atoms with Gasteiger partial charge in [0.05, 0.1) is 16.6 Å². The number of pyridine rings is 1. The Bertz CT molecular complexity index is 552. The molecule has 0 saturated carbocycles. The number of nitrogens with zero attached hydrogens (tertiary/aromatic N) is 4. The van der Waals surface area contributed by atoms with Crippen molar-refractivity contribution in [3.63, 3.8) is 0 Å². The highest BCUT2D eigenvalue weighted by Crippen LogP contribution is 2.15. The average Bonchev–Trinajstić information content (AvgIpc) is 3.02. The molecule has 1 aliphatic rings. The van der Waals surface area contributed by atoms with Crippen LogP contribution in [0, 0.1) is 0 Å². The second-order valence-electron chi connectivity index (χ2n) is 5.13. The Kier molecular flexibility index (Phi) is 5.06. The molecule has 0 aliphatic carbocycles. The van der Waals surface area contributed by atoms with Crippen LogP contribution in [0.3, 0.4) is 0 Å². The van der Waals surface area contributed by atoms with Gasteiger partial charge in [-0.15, -0.1) is 22.9 Å². The van der Waals surface area contributed by atoms with Gasteiger partial charge in [-0.25, -0.2) is 9.97 Å². The maximum absolute atomic E-state index is 5.79. The molecule has 2 aromatic rings. The van der Waals surface area contributed by atoms with Gasteiger partial charge >= 0.3 is 0 Å². The molecule has 1 fully saturated rings. The zero-order valence-electron chi connectivity index (χ0n) is 11.9. The number of alkyl halides is 1. The number of rotatable bonds is 5. The van der Waals surface area contributed by atoms with Crippen LogP contribution in [-0.2, 0) is 12.3 Å². The quantitative estimate of drug-likeness (QED) is 0.792. The van der Waals surface area contributed by atoms with Crippen LogP contribution < -0.4 is 4.90 Å². The highest BCUT2D eigenvalue weighted by molar-refractivity contribution is 7.09. The van der Waals surface area contributed by atoms with Crippen molar-refractivity contribution < 1.29 is 0 Å². The largest absolute Gasteiger partial charge is 0.354 e. The summed E-state index contributed by atoms with van der Waals surface area (Å²) in [5.41, 5.74) is 0.997. The second-order valence-corrected chi connectivity index (χ2v) is 6.34. The molecule has 0 spiro atoms. The molecule has 112 valence electrons. The first-order chi connectivity index (χ1) is 10.3. The summed E-state index contributed by atoms with van der Waals surface area (Å²) >= 11 is 7.50. The fourth-order valence-electron chi connectivity index (χ4n) is 2.52. The minimum atomic E-state index is 0.513. The van der Waals surface area contributed by atoms with Gasteiger partial charge in [-0.3, -0.25) is 4.90 Å². The van der Waals surface area contributed by atoms with Crippen LogP contribution in [0.25, 0.3) is 0 Å². The number of anilines is 1. The monoisotopic (exact) mass is 322 g/mol. The summed E-state index contributed by atoms with van der Waals surface area (Å²) in [4.78, 5) is 13.8. The molecule has 4 nitrogen and oxygen atoms in total. The summed E-state index contributed by atoms with van der Waals surface area (Å²) in [5, 5.41) is 3.25. The Morgan fingerprint density at radius 1 is 1.19 bits per heavy atom. The van der Waals surface area contributed by atoms with Crippen LogP contribution in [0.15, 0.2) is 29.8 Å². The maximum Gasteiger partial charge on any atom is 0.128 e. The molecule has 0 N–H and O–H groups in total. The predicted octanol–water partition coefficient (Wildman–Crippen LogP) is 2.64.